The van der Waals surface area contributed by atoms with Crippen molar-refractivity contribution in [3.8, 4) is 84.9 Å². The Morgan fingerprint density at radius 3 is 1.43 bits per heavy atom. The quantitative estimate of drug-likeness (QED) is 0.126. The van der Waals surface area contributed by atoms with Crippen molar-refractivity contribution in [2.24, 2.45) is 0 Å². The number of benzene rings is 12. The third kappa shape index (κ3) is 8.89. The largest absolute Gasteiger partial charge is 0.311 e. The summed E-state index contributed by atoms with van der Waals surface area (Å²) in [6.07, 6.45) is 0. The molecule has 0 saturated heterocycles. The molecule has 0 radical (unpaired) electrons. The normalized spacial score (nSPS) is 12.3. The Morgan fingerprint density at radius 2 is 0.753 bits per heavy atom. The van der Waals surface area contributed by atoms with E-state index in [9.17, 15) is 0 Å². The van der Waals surface area contributed by atoms with Gasteiger partial charge in [-0.05, 0) is 125 Å². The molecule has 8 nitrogen and oxygen atoms in total. The van der Waals surface area contributed by atoms with E-state index in [2.05, 4.69) is 258 Å². The van der Waals surface area contributed by atoms with Gasteiger partial charge in [-0.25, -0.2) is 24.9 Å². The van der Waals surface area contributed by atoms with E-state index in [1.807, 2.05) is 66.7 Å². The van der Waals surface area contributed by atoms with E-state index >= 15 is 0 Å². The first-order valence-electron chi connectivity index (χ1n) is 30.2. The average Bonchev–Trinajstić information content (AvgIpc) is 1.22. The van der Waals surface area contributed by atoms with Gasteiger partial charge in [0.15, 0.2) is 23.3 Å². The van der Waals surface area contributed by atoms with Gasteiger partial charge in [0, 0.05) is 78.3 Å². The number of rotatable bonds is 10. The minimum absolute atomic E-state index is 0.0638. The molecule has 17 rings (SSSR count). The Kier molecular flexibility index (Phi) is 12.4. The van der Waals surface area contributed by atoms with Crippen LogP contribution in [0.3, 0.4) is 0 Å². The first-order chi connectivity index (χ1) is 44.0. The van der Waals surface area contributed by atoms with Crippen molar-refractivity contribution in [2.75, 3.05) is 9.80 Å². The van der Waals surface area contributed by atoms with Crippen LogP contribution in [0.25, 0.3) is 107 Å². The Bertz CT molecular complexity index is 5170. The Hall–Kier alpha value is -11.8. The summed E-state index contributed by atoms with van der Waals surface area (Å²) in [7, 11) is 0. The minimum Gasteiger partial charge on any atom is -0.311 e. The summed E-state index contributed by atoms with van der Waals surface area (Å²) in [6.45, 7) is 2.22. The molecule has 0 saturated carbocycles. The maximum Gasteiger partial charge on any atom is 0.252 e. The van der Waals surface area contributed by atoms with E-state index in [0.717, 1.165) is 84.0 Å². The predicted octanol–water partition coefficient (Wildman–Crippen LogP) is 17.8. The highest BCUT2D eigenvalue weighted by atomic mass is 15.2. The summed E-state index contributed by atoms with van der Waals surface area (Å²) >= 11 is 0. The van der Waals surface area contributed by atoms with E-state index in [4.69, 9.17) is 24.9 Å². The first-order valence-corrected chi connectivity index (χ1v) is 30.2. The van der Waals surface area contributed by atoms with Crippen LogP contribution in [0, 0.1) is 6.92 Å². The van der Waals surface area contributed by atoms with Crippen LogP contribution < -0.4 is 26.2 Å². The average molecular weight is 1140 g/mol. The molecule has 2 aliphatic rings. The highest BCUT2D eigenvalue weighted by Gasteiger charge is 2.43. The molecule has 0 N–H and O–H groups in total. The fourth-order valence-corrected chi connectivity index (χ4v) is 13.4. The van der Waals surface area contributed by atoms with Crippen molar-refractivity contribution < 1.29 is 0 Å². The standard InChI is InChI=1S/C80H53BN8/c1-52-40-46-70-63(48-52)62-32-14-17-35-69(62)89(70)71-47-45-59(80-85-78(55-24-8-3-9-25-55)84-79(86-80)56-26-10-4-11-27-56)50-64(71)68-51-67(54-22-6-2-7-23-54)82-77(83-68)57-43-41-53(42-44-57)58-28-20-31-61(49-58)88-73-37-19-16-34-66(73)81-65-33-15-18-36-72(65)87(60-29-12-5-13-30-60)74-38-21-39-75(88)76(74)81/h2-51H,1H3. The summed E-state index contributed by atoms with van der Waals surface area (Å²) < 4.78 is 2.38. The molecule has 416 valence electrons. The summed E-state index contributed by atoms with van der Waals surface area (Å²) in [6, 6.07) is 108. The molecule has 0 bridgehead atoms. The van der Waals surface area contributed by atoms with Crippen LogP contribution in [0.2, 0.25) is 0 Å². The topological polar surface area (TPSA) is 75.9 Å². The number of fused-ring (bicyclic) bond motifs is 7. The molecule has 0 amide bonds. The third-order valence-electron chi connectivity index (χ3n) is 17.5. The zero-order chi connectivity index (χ0) is 58.9. The second kappa shape index (κ2) is 21.3. The number of aromatic nitrogens is 6. The lowest BCUT2D eigenvalue weighted by Gasteiger charge is -2.44. The number of para-hydroxylation sites is 4. The van der Waals surface area contributed by atoms with E-state index < -0.39 is 0 Å². The highest BCUT2D eigenvalue weighted by molar-refractivity contribution is 7.00. The lowest BCUT2D eigenvalue weighted by molar-refractivity contribution is 1.07. The highest BCUT2D eigenvalue weighted by Crippen LogP contribution is 2.45. The maximum atomic E-state index is 5.61. The van der Waals surface area contributed by atoms with Crippen LogP contribution >= 0.6 is 0 Å². The summed E-state index contributed by atoms with van der Waals surface area (Å²) in [5, 5.41) is 2.36. The zero-order valence-electron chi connectivity index (χ0n) is 48.5. The first kappa shape index (κ1) is 51.6. The van der Waals surface area contributed by atoms with Gasteiger partial charge in [-0.15, -0.1) is 0 Å². The number of hydrogen-bond donors (Lipinski definition) is 0. The van der Waals surface area contributed by atoms with Gasteiger partial charge in [0.1, 0.15) is 0 Å². The molecule has 0 fully saturated rings. The molecule has 15 aromatic rings. The predicted molar refractivity (Wildman–Crippen MR) is 367 cm³/mol. The summed E-state index contributed by atoms with van der Waals surface area (Å²) in [5.41, 5.74) is 24.3. The van der Waals surface area contributed by atoms with E-state index in [1.54, 1.807) is 0 Å². The maximum absolute atomic E-state index is 5.61. The zero-order valence-corrected chi connectivity index (χ0v) is 48.5. The van der Waals surface area contributed by atoms with Crippen molar-refractivity contribution in [1.82, 2.24) is 29.5 Å². The molecule has 12 aromatic carbocycles. The van der Waals surface area contributed by atoms with Crippen molar-refractivity contribution in [3.63, 3.8) is 0 Å². The van der Waals surface area contributed by atoms with Gasteiger partial charge in [0.25, 0.3) is 6.71 Å². The molecule has 89 heavy (non-hydrogen) atoms. The van der Waals surface area contributed by atoms with E-state index in [-0.39, 0.29) is 6.71 Å². The van der Waals surface area contributed by atoms with Crippen molar-refractivity contribution in [2.45, 2.75) is 6.92 Å². The molecule has 0 spiro atoms. The summed E-state index contributed by atoms with van der Waals surface area (Å²) in [4.78, 5) is 31.4. The van der Waals surface area contributed by atoms with E-state index in [1.165, 1.54) is 55.5 Å². The monoisotopic (exact) mass is 1140 g/mol. The lowest BCUT2D eigenvalue weighted by atomic mass is 9.33. The number of aryl methyl sites for hydroxylation is 1. The minimum atomic E-state index is 0.0638. The lowest BCUT2D eigenvalue weighted by Crippen LogP contribution is -2.61. The third-order valence-corrected chi connectivity index (χ3v) is 17.5. The molecule has 3 aromatic heterocycles. The van der Waals surface area contributed by atoms with Crippen LogP contribution in [0.15, 0.2) is 303 Å². The van der Waals surface area contributed by atoms with Crippen LogP contribution in [0.5, 0.6) is 0 Å². The molecule has 2 aliphatic heterocycles. The molecular formula is C80H53BN8. The molecular weight excluding hydrogens is 1080 g/mol. The molecule has 5 heterocycles. The van der Waals surface area contributed by atoms with Crippen LogP contribution in [-0.4, -0.2) is 36.2 Å². The Balaban J connectivity index is 0.805. The SMILES string of the molecule is Cc1ccc2c(c1)c1ccccc1n2-c1ccc(-c2nc(-c3ccccc3)nc(-c3ccccc3)n2)cc1-c1cc(-c2ccccc2)nc(-c2ccc(-c3cccc(N4c5ccccc5B5c6ccccc6N(c6ccccc6)c6cccc4c65)c3)cc2)n1. The number of nitrogens with zero attached hydrogens (tertiary/aromatic N) is 8. The van der Waals surface area contributed by atoms with Gasteiger partial charge in [0.2, 0.25) is 0 Å². The van der Waals surface area contributed by atoms with Crippen LogP contribution in [0.1, 0.15) is 5.56 Å². The van der Waals surface area contributed by atoms with Gasteiger partial charge >= 0.3 is 0 Å². The fourth-order valence-electron chi connectivity index (χ4n) is 13.4. The van der Waals surface area contributed by atoms with E-state index in [0.29, 0.717) is 23.3 Å². The Labute approximate surface area is 516 Å². The smallest absolute Gasteiger partial charge is 0.252 e. The van der Waals surface area contributed by atoms with Crippen molar-refractivity contribution in [3.05, 3.63) is 309 Å². The molecule has 0 aliphatic carbocycles. The number of anilines is 6. The van der Waals surface area contributed by atoms with Crippen molar-refractivity contribution >= 4 is 79.0 Å². The second-order valence-corrected chi connectivity index (χ2v) is 22.9. The summed E-state index contributed by atoms with van der Waals surface area (Å²) in [5.74, 6) is 2.34. The van der Waals surface area contributed by atoms with Crippen LogP contribution in [-0.2, 0) is 0 Å². The van der Waals surface area contributed by atoms with Gasteiger partial charge in [-0.3, -0.25) is 0 Å². The van der Waals surface area contributed by atoms with Gasteiger partial charge < -0.3 is 14.4 Å². The fraction of sp³-hybridized carbons (Fsp3) is 0.0125. The van der Waals surface area contributed by atoms with Gasteiger partial charge in [-0.1, -0.05) is 218 Å². The second-order valence-electron chi connectivity index (χ2n) is 22.9. The van der Waals surface area contributed by atoms with Gasteiger partial charge in [-0.2, -0.15) is 0 Å². The van der Waals surface area contributed by atoms with Crippen LogP contribution in [0.4, 0.5) is 34.1 Å². The number of hydrogen-bond acceptors (Lipinski definition) is 7. The molecule has 0 unspecified atom stereocenters. The molecule has 9 heteroatoms. The molecule has 0 atom stereocenters. The van der Waals surface area contributed by atoms with Crippen molar-refractivity contribution in [1.29, 1.82) is 0 Å². The Morgan fingerprint density at radius 1 is 0.281 bits per heavy atom. The van der Waals surface area contributed by atoms with Gasteiger partial charge in [0.05, 0.1) is 28.1 Å².